The summed E-state index contributed by atoms with van der Waals surface area (Å²) in [5.74, 6) is 0.317. The van der Waals surface area contributed by atoms with Crippen molar-refractivity contribution in [1.82, 2.24) is 15.4 Å². The third kappa shape index (κ3) is 5.91. The van der Waals surface area contributed by atoms with Gasteiger partial charge in [-0.25, -0.2) is 14.8 Å². The zero-order valence-electron chi connectivity index (χ0n) is 17.9. The van der Waals surface area contributed by atoms with Crippen molar-refractivity contribution in [3.8, 4) is 11.5 Å². The molecule has 1 heterocycles. The van der Waals surface area contributed by atoms with E-state index in [1.807, 2.05) is 25.1 Å². The summed E-state index contributed by atoms with van der Waals surface area (Å²) in [4.78, 5) is 36.8. The molecule has 9 nitrogen and oxygen atoms in total. The van der Waals surface area contributed by atoms with Crippen LogP contribution < -0.4 is 15.0 Å². The van der Waals surface area contributed by atoms with Crippen molar-refractivity contribution in [2.24, 2.45) is 0 Å². The van der Waals surface area contributed by atoms with Crippen LogP contribution in [0.25, 0.3) is 0 Å². The Bertz CT molecular complexity index is 892. The highest BCUT2D eigenvalue weighted by molar-refractivity contribution is 5.88. The van der Waals surface area contributed by atoms with Crippen LogP contribution in [-0.4, -0.2) is 47.8 Å². The number of nitrogens with zero attached hydrogens (tertiary/aromatic N) is 2. The Balaban J connectivity index is 1.79. The second-order valence-electron chi connectivity index (χ2n) is 7.24. The van der Waals surface area contributed by atoms with Crippen LogP contribution in [0.15, 0.2) is 36.9 Å². The van der Waals surface area contributed by atoms with Gasteiger partial charge in [-0.2, -0.15) is 0 Å². The van der Waals surface area contributed by atoms with E-state index in [2.05, 4.69) is 15.4 Å². The maximum absolute atomic E-state index is 12.3. The zero-order valence-corrected chi connectivity index (χ0v) is 17.9. The van der Waals surface area contributed by atoms with Gasteiger partial charge in [-0.05, 0) is 43.9 Å². The number of rotatable bonds is 8. The number of hydrogen-bond donors (Lipinski definition) is 1. The molecule has 3 rings (SSSR count). The van der Waals surface area contributed by atoms with E-state index in [0.717, 1.165) is 5.56 Å². The number of methoxy groups -OCH3 is 1. The van der Waals surface area contributed by atoms with E-state index in [1.54, 1.807) is 7.11 Å². The van der Waals surface area contributed by atoms with Gasteiger partial charge in [0.25, 0.3) is 0 Å². The molecule has 1 aliphatic carbocycles. The normalized spacial score (nSPS) is 20.5. The van der Waals surface area contributed by atoms with Crippen LogP contribution in [0, 0.1) is 0 Å². The van der Waals surface area contributed by atoms with Gasteiger partial charge in [0.2, 0.25) is 0 Å². The standard InChI is InChI=1S/C22H27N3O6/c1-4-29-21-9-15(5-8-20(21)28-3)18-10-17(30-14(2)26)6-7-19(18)25-31-22(27)16-11-23-13-24-12-16/h5,8-9,11-13,17-19,25H,4,6-7,10H2,1-3H3/t17-,18-,19-/m1/s1. The molecule has 0 bridgehead atoms. The molecule has 1 aromatic heterocycles. The molecule has 31 heavy (non-hydrogen) atoms. The molecule has 2 aromatic rings. The molecule has 0 radical (unpaired) electrons. The van der Waals surface area contributed by atoms with Gasteiger partial charge in [-0.15, -0.1) is 5.48 Å². The summed E-state index contributed by atoms with van der Waals surface area (Å²) in [7, 11) is 1.59. The Morgan fingerprint density at radius 3 is 2.61 bits per heavy atom. The molecule has 1 N–H and O–H groups in total. The van der Waals surface area contributed by atoms with E-state index in [9.17, 15) is 9.59 Å². The summed E-state index contributed by atoms with van der Waals surface area (Å²) in [6, 6.07) is 5.54. The van der Waals surface area contributed by atoms with Crippen molar-refractivity contribution in [2.45, 2.75) is 51.2 Å². The van der Waals surface area contributed by atoms with E-state index in [1.165, 1.54) is 25.6 Å². The molecule has 1 aromatic carbocycles. The SMILES string of the molecule is CCOc1cc([C@H]2C[C@H](OC(C)=O)CC[C@H]2NOC(=O)c2cncnc2)ccc1OC. The van der Waals surface area contributed by atoms with Gasteiger partial charge >= 0.3 is 11.9 Å². The first-order chi connectivity index (χ1) is 15.0. The number of ether oxygens (including phenoxy) is 3. The largest absolute Gasteiger partial charge is 0.493 e. The van der Waals surface area contributed by atoms with Crippen molar-refractivity contribution in [3.05, 3.63) is 48.0 Å². The van der Waals surface area contributed by atoms with E-state index in [-0.39, 0.29) is 29.6 Å². The van der Waals surface area contributed by atoms with Crippen LogP contribution >= 0.6 is 0 Å². The molecular formula is C22H27N3O6. The number of carbonyl (C=O) groups is 2. The lowest BCUT2D eigenvalue weighted by Gasteiger charge is -2.36. The monoisotopic (exact) mass is 429 g/mol. The van der Waals surface area contributed by atoms with Crippen molar-refractivity contribution < 1.29 is 28.6 Å². The zero-order chi connectivity index (χ0) is 22.2. The maximum atomic E-state index is 12.3. The molecule has 0 saturated heterocycles. The lowest BCUT2D eigenvalue weighted by atomic mass is 9.79. The highest BCUT2D eigenvalue weighted by atomic mass is 16.7. The number of aromatic nitrogens is 2. The molecule has 1 fully saturated rings. The minimum absolute atomic E-state index is 0.0805. The average Bonchev–Trinajstić information content (AvgIpc) is 2.78. The Labute approximate surface area is 181 Å². The summed E-state index contributed by atoms with van der Waals surface area (Å²) in [5.41, 5.74) is 4.13. The van der Waals surface area contributed by atoms with E-state index in [4.69, 9.17) is 19.0 Å². The summed E-state index contributed by atoms with van der Waals surface area (Å²) in [5, 5.41) is 0. The lowest BCUT2D eigenvalue weighted by molar-refractivity contribution is -0.148. The van der Waals surface area contributed by atoms with Crippen molar-refractivity contribution >= 4 is 11.9 Å². The third-order valence-electron chi connectivity index (χ3n) is 5.15. The molecule has 1 saturated carbocycles. The minimum Gasteiger partial charge on any atom is -0.493 e. The molecular weight excluding hydrogens is 402 g/mol. The van der Waals surface area contributed by atoms with Crippen molar-refractivity contribution in [2.75, 3.05) is 13.7 Å². The van der Waals surface area contributed by atoms with Crippen LogP contribution in [-0.2, 0) is 14.4 Å². The molecule has 9 heteroatoms. The van der Waals surface area contributed by atoms with Gasteiger partial charge < -0.3 is 19.0 Å². The van der Waals surface area contributed by atoms with Gasteiger partial charge in [0.1, 0.15) is 12.4 Å². The van der Waals surface area contributed by atoms with Gasteiger partial charge in [-0.1, -0.05) is 6.07 Å². The first-order valence-corrected chi connectivity index (χ1v) is 10.2. The topological polar surface area (TPSA) is 109 Å². The smallest absolute Gasteiger partial charge is 0.359 e. The summed E-state index contributed by atoms with van der Waals surface area (Å²) in [6.07, 6.45) is 5.81. The number of carbonyl (C=O) groups excluding carboxylic acids is 2. The molecule has 1 aliphatic rings. The summed E-state index contributed by atoms with van der Waals surface area (Å²) in [6.45, 7) is 3.81. The Hall–Kier alpha value is -3.20. The average molecular weight is 429 g/mol. The number of esters is 1. The third-order valence-corrected chi connectivity index (χ3v) is 5.15. The van der Waals surface area contributed by atoms with Gasteiger partial charge in [0, 0.05) is 25.2 Å². The summed E-state index contributed by atoms with van der Waals surface area (Å²) >= 11 is 0. The summed E-state index contributed by atoms with van der Waals surface area (Å²) < 4.78 is 16.6. The highest BCUT2D eigenvalue weighted by Gasteiger charge is 2.34. The number of benzene rings is 1. The van der Waals surface area contributed by atoms with Gasteiger partial charge in [0.15, 0.2) is 11.5 Å². The van der Waals surface area contributed by atoms with Crippen LogP contribution in [0.3, 0.4) is 0 Å². The fraction of sp³-hybridized carbons (Fsp3) is 0.455. The number of nitrogens with one attached hydrogen (secondary N) is 1. The van der Waals surface area contributed by atoms with Crippen molar-refractivity contribution in [1.29, 1.82) is 0 Å². The van der Waals surface area contributed by atoms with Crippen LogP contribution in [0.4, 0.5) is 0 Å². The maximum Gasteiger partial charge on any atom is 0.359 e. The van der Waals surface area contributed by atoms with Gasteiger partial charge in [0.05, 0.1) is 25.3 Å². The fourth-order valence-corrected chi connectivity index (χ4v) is 3.77. The van der Waals surface area contributed by atoms with E-state index in [0.29, 0.717) is 37.4 Å². The second-order valence-corrected chi connectivity index (χ2v) is 7.24. The van der Waals surface area contributed by atoms with E-state index >= 15 is 0 Å². The fourth-order valence-electron chi connectivity index (χ4n) is 3.77. The van der Waals surface area contributed by atoms with Crippen LogP contribution in [0.2, 0.25) is 0 Å². The first-order valence-electron chi connectivity index (χ1n) is 10.2. The first kappa shape index (κ1) is 22.5. The highest BCUT2D eigenvalue weighted by Crippen LogP contribution is 2.38. The minimum atomic E-state index is -0.564. The molecule has 166 valence electrons. The molecule has 3 atom stereocenters. The molecule has 0 amide bonds. The molecule has 0 aliphatic heterocycles. The van der Waals surface area contributed by atoms with E-state index < -0.39 is 5.97 Å². The molecule has 0 unspecified atom stereocenters. The van der Waals surface area contributed by atoms with Crippen LogP contribution in [0.1, 0.15) is 54.9 Å². The van der Waals surface area contributed by atoms with Gasteiger partial charge in [-0.3, -0.25) is 4.79 Å². The number of hydrogen-bond acceptors (Lipinski definition) is 9. The lowest BCUT2D eigenvalue weighted by Crippen LogP contribution is -2.42. The predicted octanol–water partition coefficient (Wildman–Crippen LogP) is 2.81. The second kappa shape index (κ2) is 10.7. The molecule has 0 spiro atoms. The number of hydroxylamine groups is 1. The Morgan fingerprint density at radius 2 is 1.94 bits per heavy atom. The Kier molecular flexibility index (Phi) is 7.77. The predicted molar refractivity (Wildman–Crippen MR) is 111 cm³/mol. The Morgan fingerprint density at radius 1 is 1.16 bits per heavy atom. The van der Waals surface area contributed by atoms with Crippen molar-refractivity contribution in [3.63, 3.8) is 0 Å². The van der Waals surface area contributed by atoms with Crippen LogP contribution in [0.5, 0.6) is 11.5 Å². The quantitative estimate of drug-likeness (QED) is 0.500.